The zero-order chi connectivity index (χ0) is 21.1. The summed E-state index contributed by atoms with van der Waals surface area (Å²) in [6, 6.07) is -1.99. The zero-order valence-corrected chi connectivity index (χ0v) is 17.7. The number of carbonyl (C=O) groups excluding carboxylic acids is 3. The van der Waals surface area contributed by atoms with Gasteiger partial charge in [0, 0.05) is 36.9 Å². The third-order valence-corrected chi connectivity index (χ3v) is 5.02. The van der Waals surface area contributed by atoms with E-state index in [-0.39, 0.29) is 5.91 Å². The van der Waals surface area contributed by atoms with Crippen molar-refractivity contribution in [2.24, 2.45) is 5.10 Å². The number of ether oxygens (including phenoxy) is 1. The first-order valence-electron chi connectivity index (χ1n) is 9.08. The fraction of sp³-hybridized carbons (Fsp3) is 0.667. The number of methoxy groups -OCH3 is 1. The maximum absolute atomic E-state index is 12.4. The van der Waals surface area contributed by atoms with E-state index in [1.165, 1.54) is 31.4 Å². The monoisotopic (exact) mass is 414 g/mol. The summed E-state index contributed by atoms with van der Waals surface area (Å²) in [6.07, 6.45) is 3.97. The van der Waals surface area contributed by atoms with Crippen LogP contribution in [0.1, 0.15) is 33.6 Å². The van der Waals surface area contributed by atoms with E-state index in [9.17, 15) is 19.5 Å². The Morgan fingerprint density at radius 2 is 2.00 bits per heavy atom. The maximum Gasteiger partial charge on any atom is 0.330 e. The van der Waals surface area contributed by atoms with E-state index in [1.54, 1.807) is 0 Å². The summed E-state index contributed by atoms with van der Waals surface area (Å²) in [5.74, 6) is -0.632. The fourth-order valence-corrected chi connectivity index (χ4v) is 3.44. The molecular formula is C18H30N4O5S. The van der Waals surface area contributed by atoms with Gasteiger partial charge in [0.2, 0.25) is 11.8 Å². The summed E-state index contributed by atoms with van der Waals surface area (Å²) in [5, 5.41) is 20.6. The van der Waals surface area contributed by atoms with Crippen molar-refractivity contribution in [3.63, 3.8) is 0 Å². The number of hydrogen-bond acceptors (Lipinski definition) is 8. The Kier molecular flexibility index (Phi) is 10.6. The molecule has 28 heavy (non-hydrogen) atoms. The van der Waals surface area contributed by atoms with Crippen molar-refractivity contribution in [3.8, 4) is 0 Å². The molecule has 2 unspecified atom stereocenters. The third kappa shape index (κ3) is 8.75. The molecule has 2 amide bonds. The van der Waals surface area contributed by atoms with Crippen molar-refractivity contribution in [1.82, 2.24) is 15.6 Å². The maximum atomic E-state index is 12.4. The van der Waals surface area contributed by atoms with Crippen LogP contribution in [0.25, 0.3) is 0 Å². The number of carbonyl (C=O) groups is 3. The van der Waals surface area contributed by atoms with Crippen LogP contribution in [0.3, 0.4) is 0 Å². The molecular weight excluding hydrogens is 384 g/mol. The van der Waals surface area contributed by atoms with Gasteiger partial charge in [-0.25, -0.2) is 4.79 Å². The van der Waals surface area contributed by atoms with E-state index in [0.29, 0.717) is 18.1 Å². The molecule has 0 radical (unpaired) electrons. The van der Waals surface area contributed by atoms with Gasteiger partial charge >= 0.3 is 5.97 Å². The largest absolute Gasteiger partial charge is 0.467 e. The highest BCUT2D eigenvalue weighted by Gasteiger charge is 2.26. The molecule has 1 aliphatic heterocycles. The van der Waals surface area contributed by atoms with Crippen molar-refractivity contribution in [1.29, 1.82) is 0 Å². The van der Waals surface area contributed by atoms with Crippen LogP contribution in [0.5, 0.6) is 0 Å². The molecule has 0 fully saturated rings. The van der Waals surface area contributed by atoms with Gasteiger partial charge in [0.05, 0.1) is 13.7 Å². The van der Waals surface area contributed by atoms with Crippen LogP contribution in [-0.2, 0) is 19.1 Å². The highest BCUT2D eigenvalue weighted by Crippen LogP contribution is 2.14. The quantitative estimate of drug-likeness (QED) is 0.346. The SMILES string of the molecule is COC(=O)C(CO)NC(=O)C(CSCCN1C=C(C)CCC(C)=N1)NC(C)=O. The lowest BCUT2D eigenvalue weighted by Gasteiger charge is -2.21. The van der Waals surface area contributed by atoms with Gasteiger partial charge in [0.25, 0.3) is 0 Å². The number of esters is 1. The number of hydrazone groups is 1. The van der Waals surface area contributed by atoms with Gasteiger partial charge in [-0.3, -0.25) is 14.6 Å². The molecule has 0 saturated carbocycles. The van der Waals surface area contributed by atoms with Crippen LogP contribution >= 0.6 is 11.8 Å². The molecule has 1 heterocycles. The standard InChI is InChI=1S/C18H30N4O5S/c1-12-5-6-13(2)21-22(9-12)7-8-28-11-16(19-14(3)24)17(25)20-15(10-23)18(26)27-4/h9,15-16,23H,5-8,10-11H2,1-4H3,(H,19,24)(H,20,25). The van der Waals surface area contributed by atoms with Gasteiger partial charge in [-0.1, -0.05) is 5.57 Å². The summed E-state index contributed by atoms with van der Waals surface area (Å²) in [5.41, 5.74) is 2.34. The zero-order valence-electron chi connectivity index (χ0n) is 16.9. The minimum absolute atomic E-state index is 0.323. The smallest absolute Gasteiger partial charge is 0.330 e. The second kappa shape index (κ2) is 12.4. The van der Waals surface area contributed by atoms with Gasteiger partial charge in [0.15, 0.2) is 6.04 Å². The van der Waals surface area contributed by atoms with E-state index in [2.05, 4.69) is 27.4 Å². The number of thioether (sulfide) groups is 1. The number of amides is 2. The number of allylic oxidation sites excluding steroid dienone is 1. The lowest BCUT2D eigenvalue weighted by Crippen LogP contribution is -2.53. The number of aliphatic hydroxyl groups excluding tert-OH is 1. The van der Waals surface area contributed by atoms with E-state index in [1.807, 2.05) is 18.1 Å². The minimum atomic E-state index is -1.17. The molecule has 1 rings (SSSR count). The summed E-state index contributed by atoms with van der Waals surface area (Å²) in [7, 11) is 1.17. The molecule has 2 atom stereocenters. The Labute approximate surface area is 169 Å². The van der Waals surface area contributed by atoms with Crippen molar-refractivity contribution in [3.05, 3.63) is 11.8 Å². The lowest BCUT2D eigenvalue weighted by molar-refractivity contribution is -0.146. The highest BCUT2D eigenvalue weighted by atomic mass is 32.2. The Bertz CT molecular complexity index is 603. The predicted octanol–water partition coefficient (Wildman–Crippen LogP) is 0.250. The van der Waals surface area contributed by atoms with Crippen LogP contribution < -0.4 is 10.6 Å². The van der Waals surface area contributed by atoms with Crippen molar-refractivity contribution >= 4 is 35.3 Å². The topological polar surface area (TPSA) is 120 Å². The lowest BCUT2D eigenvalue weighted by atomic mass is 10.1. The van der Waals surface area contributed by atoms with Gasteiger partial charge in [0.1, 0.15) is 6.04 Å². The number of nitrogens with one attached hydrogen (secondary N) is 2. The van der Waals surface area contributed by atoms with E-state index in [0.717, 1.165) is 18.6 Å². The Hall–Kier alpha value is -2.07. The van der Waals surface area contributed by atoms with Crippen LogP contribution in [-0.4, -0.2) is 77.5 Å². The van der Waals surface area contributed by atoms with Crippen molar-refractivity contribution in [2.75, 3.05) is 31.8 Å². The first-order valence-corrected chi connectivity index (χ1v) is 10.2. The molecule has 1 aliphatic rings. The molecule has 0 aromatic heterocycles. The van der Waals surface area contributed by atoms with Gasteiger partial charge < -0.3 is 20.5 Å². The van der Waals surface area contributed by atoms with Gasteiger partial charge in [-0.2, -0.15) is 16.9 Å². The van der Waals surface area contributed by atoms with Crippen LogP contribution in [0.15, 0.2) is 16.9 Å². The molecule has 3 N–H and O–H groups in total. The van der Waals surface area contributed by atoms with Crippen molar-refractivity contribution < 1.29 is 24.2 Å². The average Bonchev–Trinajstić information content (AvgIpc) is 2.81. The highest BCUT2D eigenvalue weighted by molar-refractivity contribution is 7.99. The Morgan fingerprint density at radius 1 is 1.29 bits per heavy atom. The summed E-state index contributed by atoms with van der Waals surface area (Å²) < 4.78 is 4.53. The normalized spacial score (nSPS) is 16.2. The number of nitrogens with zero attached hydrogens (tertiary/aromatic N) is 2. The number of hydrogen-bond donors (Lipinski definition) is 3. The first kappa shape index (κ1) is 24.0. The first-order chi connectivity index (χ1) is 13.3. The summed E-state index contributed by atoms with van der Waals surface area (Å²) in [4.78, 5) is 35.3. The Morgan fingerprint density at radius 3 is 2.61 bits per heavy atom. The summed E-state index contributed by atoms with van der Waals surface area (Å²) in [6.45, 7) is 5.48. The molecule has 0 aliphatic carbocycles. The Balaban J connectivity index is 2.58. The van der Waals surface area contributed by atoms with Gasteiger partial charge in [-0.15, -0.1) is 0 Å². The second-order valence-corrected chi connectivity index (χ2v) is 7.72. The fourth-order valence-electron chi connectivity index (χ4n) is 2.49. The predicted molar refractivity (Wildman–Crippen MR) is 109 cm³/mol. The molecule has 0 bridgehead atoms. The van der Waals surface area contributed by atoms with E-state index in [4.69, 9.17) is 0 Å². The minimum Gasteiger partial charge on any atom is -0.467 e. The van der Waals surface area contributed by atoms with Crippen molar-refractivity contribution in [2.45, 2.75) is 45.7 Å². The van der Waals surface area contributed by atoms with Crippen LogP contribution in [0.4, 0.5) is 0 Å². The second-order valence-electron chi connectivity index (χ2n) is 6.57. The number of aliphatic hydroxyl groups is 1. The molecule has 0 spiro atoms. The number of rotatable bonds is 10. The van der Waals surface area contributed by atoms with E-state index >= 15 is 0 Å². The molecule has 10 heteroatoms. The van der Waals surface area contributed by atoms with Crippen LogP contribution in [0.2, 0.25) is 0 Å². The molecule has 0 saturated heterocycles. The van der Waals surface area contributed by atoms with Crippen LogP contribution in [0, 0.1) is 0 Å². The van der Waals surface area contributed by atoms with E-state index < -0.39 is 30.6 Å². The van der Waals surface area contributed by atoms with Gasteiger partial charge in [-0.05, 0) is 26.7 Å². The molecule has 0 aromatic rings. The average molecular weight is 415 g/mol. The molecule has 0 aromatic carbocycles. The molecule has 158 valence electrons. The third-order valence-electron chi connectivity index (χ3n) is 3.98. The molecule has 9 nitrogen and oxygen atoms in total. The summed E-state index contributed by atoms with van der Waals surface area (Å²) >= 11 is 1.49.